The third-order valence-corrected chi connectivity index (χ3v) is 4.83. The van der Waals surface area contributed by atoms with Crippen LogP contribution >= 0.6 is 11.3 Å². The quantitative estimate of drug-likeness (QED) is 0.493. The maximum atomic E-state index is 12.9. The zero-order valence-electron chi connectivity index (χ0n) is 14.4. The lowest BCUT2D eigenvalue weighted by Crippen LogP contribution is -2.33. The van der Waals surface area contributed by atoms with Crippen LogP contribution in [-0.4, -0.2) is 31.0 Å². The van der Waals surface area contributed by atoms with E-state index in [2.05, 4.69) is 15.4 Å². The fourth-order valence-electron chi connectivity index (χ4n) is 2.65. The van der Waals surface area contributed by atoms with Crippen molar-refractivity contribution in [2.75, 3.05) is 0 Å². The molecule has 0 bridgehead atoms. The molecular formula is C19H17N5O2S. The molecule has 0 aliphatic heterocycles. The highest BCUT2D eigenvalue weighted by atomic mass is 32.1. The van der Waals surface area contributed by atoms with Crippen LogP contribution in [0.5, 0.6) is 0 Å². The van der Waals surface area contributed by atoms with Gasteiger partial charge < -0.3 is 9.32 Å². The van der Waals surface area contributed by atoms with E-state index in [4.69, 9.17) is 4.42 Å². The Kier molecular flexibility index (Phi) is 5.06. The normalized spacial score (nSPS) is 10.8. The smallest absolute Gasteiger partial charge is 0.246 e. The largest absolute Gasteiger partial charge is 0.467 e. The summed E-state index contributed by atoms with van der Waals surface area (Å²) in [7, 11) is 0. The minimum absolute atomic E-state index is 0.0198. The van der Waals surface area contributed by atoms with Crippen molar-refractivity contribution in [3.8, 4) is 11.4 Å². The van der Waals surface area contributed by atoms with Crippen LogP contribution in [0.4, 0.5) is 0 Å². The molecule has 3 heterocycles. The summed E-state index contributed by atoms with van der Waals surface area (Å²) < 4.78 is 5.40. The fourth-order valence-corrected chi connectivity index (χ4v) is 3.37. The molecule has 1 aromatic carbocycles. The van der Waals surface area contributed by atoms with Gasteiger partial charge in [0, 0.05) is 10.4 Å². The average molecular weight is 379 g/mol. The standard InChI is InChI=1S/C19H17N5O2S/c25-18(14-24-21-19(20-22-24)15-6-2-1-3-7-15)23(12-16-8-4-10-26-16)13-17-9-5-11-27-17/h1-11H,12-14H2. The van der Waals surface area contributed by atoms with Crippen molar-refractivity contribution in [3.63, 3.8) is 0 Å². The Morgan fingerprint density at radius 3 is 2.70 bits per heavy atom. The molecule has 3 aromatic heterocycles. The van der Waals surface area contributed by atoms with Crippen molar-refractivity contribution in [1.82, 2.24) is 25.1 Å². The van der Waals surface area contributed by atoms with Crippen LogP contribution in [-0.2, 0) is 24.4 Å². The minimum atomic E-state index is -0.100. The molecule has 136 valence electrons. The molecule has 1 amide bonds. The van der Waals surface area contributed by atoms with E-state index >= 15 is 0 Å². The van der Waals surface area contributed by atoms with Crippen LogP contribution in [0.1, 0.15) is 10.6 Å². The number of carbonyl (C=O) groups excluding carboxylic acids is 1. The van der Waals surface area contributed by atoms with Crippen molar-refractivity contribution < 1.29 is 9.21 Å². The first kappa shape index (κ1) is 17.2. The molecule has 0 spiro atoms. The molecule has 0 saturated heterocycles. The number of amides is 1. The van der Waals surface area contributed by atoms with E-state index in [9.17, 15) is 4.79 Å². The highest BCUT2D eigenvalue weighted by Gasteiger charge is 2.18. The van der Waals surface area contributed by atoms with E-state index in [-0.39, 0.29) is 12.5 Å². The first-order chi connectivity index (χ1) is 13.3. The highest BCUT2D eigenvalue weighted by molar-refractivity contribution is 7.09. The van der Waals surface area contributed by atoms with Crippen LogP contribution < -0.4 is 0 Å². The van der Waals surface area contributed by atoms with Gasteiger partial charge in [0.2, 0.25) is 11.7 Å². The van der Waals surface area contributed by atoms with Crippen molar-refractivity contribution >= 4 is 17.2 Å². The molecule has 0 saturated carbocycles. The number of hydrogen-bond donors (Lipinski definition) is 0. The molecule has 8 heteroatoms. The third kappa shape index (κ3) is 4.29. The molecule has 4 aromatic rings. The predicted molar refractivity (Wildman–Crippen MR) is 101 cm³/mol. The molecule has 0 unspecified atom stereocenters. The van der Waals surface area contributed by atoms with Gasteiger partial charge in [0.05, 0.1) is 19.4 Å². The Balaban J connectivity index is 1.48. The van der Waals surface area contributed by atoms with Gasteiger partial charge in [-0.05, 0) is 28.8 Å². The summed E-state index contributed by atoms with van der Waals surface area (Å²) in [6, 6.07) is 17.2. The van der Waals surface area contributed by atoms with E-state index in [1.54, 1.807) is 22.5 Å². The molecule has 4 rings (SSSR count). The van der Waals surface area contributed by atoms with Crippen molar-refractivity contribution in [3.05, 3.63) is 76.9 Å². The Morgan fingerprint density at radius 1 is 1.07 bits per heavy atom. The fraction of sp³-hybridized carbons (Fsp3) is 0.158. The van der Waals surface area contributed by atoms with Gasteiger partial charge in [0.15, 0.2) is 0 Å². The zero-order chi connectivity index (χ0) is 18.5. The highest BCUT2D eigenvalue weighted by Crippen LogP contribution is 2.16. The molecule has 0 radical (unpaired) electrons. The number of aromatic nitrogens is 4. The van der Waals surface area contributed by atoms with Crippen molar-refractivity contribution in [2.45, 2.75) is 19.6 Å². The summed E-state index contributed by atoms with van der Waals surface area (Å²) in [6.07, 6.45) is 1.61. The third-order valence-electron chi connectivity index (χ3n) is 3.97. The number of furan rings is 1. The van der Waals surface area contributed by atoms with Gasteiger partial charge in [-0.1, -0.05) is 36.4 Å². The summed E-state index contributed by atoms with van der Waals surface area (Å²) in [4.78, 5) is 17.0. The number of benzene rings is 1. The average Bonchev–Trinajstić information content (AvgIpc) is 3.45. The molecule has 0 N–H and O–H groups in total. The second-order valence-electron chi connectivity index (χ2n) is 5.92. The predicted octanol–water partition coefficient (Wildman–Crippen LogP) is 3.22. The van der Waals surface area contributed by atoms with E-state index in [1.165, 1.54) is 4.80 Å². The van der Waals surface area contributed by atoms with E-state index in [0.29, 0.717) is 18.9 Å². The maximum absolute atomic E-state index is 12.9. The Hall–Kier alpha value is -3.26. The number of rotatable bonds is 7. The van der Waals surface area contributed by atoms with E-state index < -0.39 is 0 Å². The molecule has 0 atom stereocenters. The topological polar surface area (TPSA) is 77.1 Å². The van der Waals surface area contributed by atoms with Crippen LogP contribution in [0, 0.1) is 0 Å². The van der Waals surface area contributed by atoms with Gasteiger partial charge in [-0.15, -0.1) is 21.5 Å². The first-order valence-corrected chi connectivity index (χ1v) is 9.31. The number of carbonyl (C=O) groups is 1. The van der Waals surface area contributed by atoms with Crippen LogP contribution in [0.2, 0.25) is 0 Å². The second-order valence-corrected chi connectivity index (χ2v) is 6.95. The van der Waals surface area contributed by atoms with Crippen LogP contribution in [0.3, 0.4) is 0 Å². The molecule has 27 heavy (non-hydrogen) atoms. The summed E-state index contributed by atoms with van der Waals surface area (Å²) in [5, 5.41) is 14.4. The molecule has 0 fully saturated rings. The number of hydrogen-bond acceptors (Lipinski definition) is 6. The monoisotopic (exact) mass is 379 g/mol. The lowest BCUT2D eigenvalue weighted by Gasteiger charge is -2.20. The summed E-state index contributed by atoms with van der Waals surface area (Å²) in [5.41, 5.74) is 0.863. The molecule has 0 aliphatic rings. The zero-order valence-corrected chi connectivity index (χ0v) is 15.2. The number of nitrogens with zero attached hydrogens (tertiary/aromatic N) is 5. The van der Waals surface area contributed by atoms with Crippen LogP contribution in [0.25, 0.3) is 11.4 Å². The lowest BCUT2D eigenvalue weighted by atomic mass is 10.2. The minimum Gasteiger partial charge on any atom is -0.467 e. The first-order valence-electron chi connectivity index (χ1n) is 8.44. The Morgan fingerprint density at radius 2 is 1.96 bits per heavy atom. The van der Waals surface area contributed by atoms with Gasteiger partial charge >= 0.3 is 0 Å². The molecule has 7 nitrogen and oxygen atoms in total. The van der Waals surface area contributed by atoms with Crippen LogP contribution in [0.15, 0.2) is 70.7 Å². The summed E-state index contributed by atoms with van der Waals surface area (Å²) >= 11 is 1.61. The van der Waals surface area contributed by atoms with E-state index in [1.807, 2.05) is 60.0 Å². The number of thiophene rings is 1. The molecular weight excluding hydrogens is 362 g/mol. The Bertz CT molecular complexity index is 944. The van der Waals surface area contributed by atoms with Crippen molar-refractivity contribution in [2.24, 2.45) is 0 Å². The Labute approximate surface area is 159 Å². The van der Waals surface area contributed by atoms with Gasteiger partial charge in [0.25, 0.3) is 0 Å². The van der Waals surface area contributed by atoms with Gasteiger partial charge in [-0.2, -0.15) is 4.80 Å². The lowest BCUT2D eigenvalue weighted by molar-refractivity contribution is -0.133. The maximum Gasteiger partial charge on any atom is 0.246 e. The molecule has 0 aliphatic carbocycles. The van der Waals surface area contributed by atoms with Gasteiger partial charge in [-0.3, -0.25) is 4.79 Å². The van der Waals surface area contributed by atoms with Gasteiger partial charge in [0.1, 0.15) is 12.3 Å². The van der Waals surface area contributed by atoms with Gasteiger partial charge in [-0.25, -0.2) is 0 Å². The SMILES string of the molecule is O=C(Cn1nnc(-c2ccccc2)n1)N(Cc1ccco1)Cc1cccs1. The van der Waals surface area contributed by atoms with Crippen molar-refractivity contribution in [1.29, 1.82) is 0 Å². The summed E-state index contributed by atoms with van der Waals surface area (Å²) in [6.45, 7) is 0.924. The number of tetrazole rings is 1. The second kappa shape index (κ2) is 7.96. The van der Waals surface area contributed by atoms with E-state index in [0.717, 1.165) is 16.2 Å². The summed E-state index contributed by atoms with van der Waals surface area (Å²) in [5.74, 6) is 1.13.